The highest BCUT2D eigenvalue weighted by atomic mass is 32.1. The number of rotatable bonds is 9. The van der Waals surface area contributed by atoms with Gasteiger partial charge >= 0.3 is 0 Å². The van der Waals surface area contributed by atoms with E-state index in [0.717, 1.165) is 25.1 Å². The molecule has 110 valence electrons. The van der Waals surface area contributed by atoms with E-state index in [0.29, 0.717) is 19.0 Å². The highest BCUT2D eigenvalue weighted by Gasteiger charge is 2.11. The molecule has 0 aliphatic heterocycles. The molecule has 0 radical (unpaired) electrons. The third-order valence-corrected chi connectivity index (χ3v) is 4.11. The van der Waals surface area contributed by atoms with Crippen LogP contribution in [0.5, 0.6) is 0 Å². The lowest BCUT2D eigenvalue weighted by Crippen LogP contribution is -2.20. The SMILES string of the molecule is CCCC(NCc1cn(CCCO)nn1)c1cccs1. The zero-order chi connectivity index (χ0) is 14.2. The molecule has 1 atom stereocenters. The van der Waals surface area contributed by atoms with E-state index in [-0.39, 0.29) is 6.61 Å². The number of nitrogens with one attached hydrogen (secondary N) is 1. The Morgan fingerprint density at radius 3 is 3.10 bits per heavy atom. The lowest BCUT2D eigenvalue weighted by atomic mass is 10.1. The molecular weight excluding hydrogens is 272 g/mol. The second-order valence-electron chi connectivity index (χ2n) is 4.79. The van der Waals surface area contributed by atoms with Gasteiger partial charge in [-0.3, -0.25) is 4.68 Å². The van der Waals surface area contributed by atoms with Crippen molar-refractivity contribution in [3.8, 4) is 0 Å². The summed E-state index contributed by atoms with van der Waals surface area (Å²) in [5.41, 5.74) is 0.945. The second-order valence-corrected chi connectivity index (χ2v) is 5.77. The maximum Gasteiger partial charge on any atom is 0.0965 e. The summed E-state index contributed by atoms with van der Waals surface area (Å²) in [6.07, 6.45) is 4.93. The maximum atomic E-state index is 8.80. The van der Waals surface area contributed by atoms with Crippen LogP contribution >= 0.6 is 11.3 Å². The van der Waals surface area contributed by atoms with Crippen LogP contribution in [-0.4, -0.2) is 26.7 Å². The molecule has 1 unspecified atom stereocenters. The Bertz CT molecular complexity index is 483. The summed E-state index contributed by atoms with van der Waals surface area (Å²) in [5, 5.41) is 22.7. The molecule has 5 nitrogen and oxygen atoms in total. The zero-order valence-corrected chi connectivity index (χ0v) is 12.6. The topological polar surface area (TPSA) is 63.0 Å². The average Bonchev–Trinajstić information content (AvgIpc) is 3.12. The van der Waals surface area contributed by atoms with Gasteiger partial charge in [-0.15, -0.1) is 16.4 Å². The second kappa shape index (κ2) is 8.14. The van der Waals surface area contributed by atoms with E-state index in [9.17, 15) is 0 Å². The largest absolute Gasteiger partial charge is 0.396 e. The number of hydrogen-bond acceptors (Lipinski definition) is 5. The van der Waals surface area contributed by atoms with Gasteiger partial charge in [0.1, 0.15) is 0 Å². The minimum absolute atomic E-state index is 0.185. The normalized spacial score (nSPS) is 12.7. The Morgan fingerprint density at radius 1 is 1.50 bits per heavy atom. The van der Waals surface area contributed by atoms with E-state index in [1.54, 1.807) is 16.0 Å². The van der Waals surface area contributed by atoms with Crippen molar-refractivity contribution in [3.05, 3.63) is 34.3 Å². The average molecular weight is 294 g/mol. The minimum atomic E-state index is 0.185. The van der Waals surface area contributed by atoms with Gasteiger partial charge in [0.15, 0.2) is 0 Å². The lowest BCUT2D eigenvalue weighted by molar-refractivity contribution is 0.276. The molecule has 0 amide bonds. The molecule has 0 aliphatic carbocycles. The van der Waals surface area contributed by atoms with Crippen LogP contribution in [0.2, 0.25) is 0 Å². The van der Waals surface area contributed by atoms with E-state index in [4.69, 9.17) is 5.11 Å². The number of aromatic nitrogens is 3. The molecule has 0 spiro atoms. The summed E-state index contributed by atoms with van der Waals surface area (Å²) in [4.78, 5) is 1.37. The first-order valence-corrected chi connectivity index (χ1v) is 7.98. The van der Waals surface area contributed by atoms with Crippen molar-refractivity contribution in [3.63, 3.8) is 0 Å². The molecular formula is C14H22N4OS. The van der Waals surface area contributed by atoms with Crippen LogP contribution < -0.4 is 5.32 Å². The van der Waals surface area contributed by atoms with Crippen molar-refractivity contribution in [1.29, 1.82) is 0 Å². The third kappa shape index (κ3) is 4.40. The molecule has 2 rings (SSSR count). The number of aliphatic hydroxyl groups is 1. The van der Waals surface area contributed by atoms with Gasteiger partial charge in [-0.05, 0) is 24.3 Å². The van der Waals surface area contributed by atoms with E-state index >= 15 is 0 Å². The number of aliphatic hydroxyl groups excluding tert-OH is 1. The van der Waals surface area contributed by atoms with Crippen molar-refractivity contribution >= 4 is 11.3 Å². The summed E-state index contributed by atoms with van der Waals surface area (Å²) in [6, 6.07) is 4.66. The van der Waals surface area contributed by atoms with Crippen molar-refractivity contribution in [2.75, 3.05) is 6.61 Å². The Kier molecular flexibility index (Phi) is 6.17. The lowest BCUT2D eigenvalue weighted by Gasteiger charge is -2.15. The number of nitrogens with zero attached hydrogens (tertiary/aromatic N) is 3. The summed E-state index contributed by atoms with van der Waals surface area (Å²) in [5.74, 6) is 0. The molecule has 0 aromatic carbocycles. The maximum absolute atomic E-state index is 8.80. The Balaban J connectivity index is 1.87. The highest BCUT2D eigenvalue weighted by molar-refractivity contribution is 7.10. The van der Waals surface area contributed by atoms with Crippen molar-refractivity contribution < 1.29 is 5.11 Å². The Labute approximate surface area is 123 Å². The van der Waals surface area contributed by atoms with Crippen LogP contribution in [0.3, 0.4) is 0 Å². The van der Waals surface area contributed by atoms with Crippen molar-refractivity contribution in [2.45, 2.75) is 45.3 Å². The number of aryl methyl sites for hydroxylation is 1. The molecule has 2 N–H and O–H groups in total. The fraction of sp³-hybridized carbons (Fsp3) is 0.571. The quantitative estimate of drug-likeness (QED) is 0.745. The summed E-state index contributed by atoms with van der Waals surface area (Å²) >= 11 is 1.79. The minimum Gasteiger partial charge on any atom is -0.396 e. The molecule has 0 aliphatic rings. The summed E-state index contributed by atoms with van der Waals surface area (Å²) in [7, 11) is 0. The van der Waals surface area contributed by atoms with Crippen LogP contribution in [0.4, 0.5) is 0 Å². The molecule has 2 aromatic heterocycles. The molecule has 2 aromatic rings. The van der Waals surface area contributed by atoms with Crippen molar-refractivity contribution in [1.82, 2.24) is 20.3 Å². The van der Waals surface area contributed by atoms with Gasteiger partial charge in [0.2, 0.25) is 0 Å². The molecule has 2 heterocycles. The zero-order valence-electron chi connectivity index (χ0n) is 11.8. The highest BCUT2D eigenvalue weighted by Crippen LogP contribution is 2.23. The van der Waals surface area contributed by atoms with E-state index in [1.807, 2.05) is 6.20 Å². The van der Waals surface area contributed by atoms with Crippen LogP contribution in [0, 0.1) is 0 Å². The molecule has 20 heavy (non-hydrogen) atoms. The van der Waals surface area contributed by atoms with Gasteiger partial charge in [-0.25, -0.2) is 0 Å². The first-order chi connectivity index (χ1) is 9.83. The third-order valence-electron chi connectivity index (χ3n) is 3.12. The standard InChI is InChI=1S/C14H22N4OS/c1-2-5-13(14-6-3-9-20-14)15-10-12-11-18(17-16-12)7-4-8-19/h3,6,9,11,13,15,19H,2,4-5,7-8,10H2,1H3. The monoisotopic (exact) mass is 294 g/mol. The predicted octanol–water partition coefficient (Wildman–Crippen LogP) is 2.35. The first kappa shape index (κ1) is 15.2. The van der Waals surface area contributed by atoms with E-state index in [2.05, 4.69) is 40.1 Å². The van der Waals surface area contributed by atoms with Crippen LogP contribution in [-0.2, 0) is 13.1 Å². The van der Waals surface area contributed by atoms with Crippen LogP contribution in [0.1, 0.15) is 42.8 Å². The van der Waals surface area contributed by atoms with Gasteiger partial charge < -0.3 is 10.4 Å². The smallest absolute Gasteiger partial charge is 0.0965 e. The van der Waals surface area contributed by atoms with E-state index in [1.165, 1.54) is 4.88 Å². The summed E-state index contributed by atoms with van der Waals surface area (Å²) < 4.78 is 1.78. The molecule has 0 fully saturated rings. The van der Waals surface area contributed by atoms with Gasteiger partial charge in [0.25, 0.3) is 0 Å². The van der Waals surface area contributed by atoms with Crippen molar-refractivity contribution in [2.24, 2.45) is 0 Å². The van der Waals surface area contributed by atoms with Gasteiger partial charge in [-0.2, -0.15) is 0 Å². The fourth-order valence-corrected chi connectivity index (χ4v) is 2.95. The molecule has 6 heteroatoms. The number of hydrogen-bond donors (Lipinski definition) is 2. The first-order valence-electron chi connectivity index (χ1n) is 7.10. The van der Waals surface area contributed by atoms with Crippen LogP contribution in [0.15, 0.2) is 23.7 Å². The molecule has 0 saturated heterocycles. The fourth-order valence-electron chi connectivity index (χ4n) is 2.11. The molecule has 0 bridgehead atoms. The Morgan fingerprint density at radius 2 is 2.40 bits per heavy atom. The molecule has 0 saturated carbocycles. The van der Waals surface area contributed by atoms with Gasteiger partial charge in [0, 0.05) is 36.8 Å². The van der Waals surface area contributed by atoms with Crippen LogP contribution in [0.25, 0.3) is 0 Å². The number of thiophene rings is 1. The van der Waals surface area contributed by atoms with E-state index < -0.39 is 0 Å². The predicted molar refractivity (Wildman–Crippen MR) is 80.5 cm³/mol. The van der Waals surface area contributed by atoms with Gasteiger partial charge in [0.05, 0.1) is 5.69 Å². The Hall–Kier alpha value is -1.24. The summed E-state index contributed by atoms with van der Waals surface area (Å²) in [6.45, 7) is 3.83. The van der Waals surface area contributed by atoms with Gasteiger partial charge in [-0.1, -0.05) is 24.6 Å².